The van der Waals surface area contributed by atoms with Crippen molar-refractivity contribution in [2.24, 2.45) is 0 Å². The van der Waals surface area contributed by atoms with Crippen molar-refractivity contribution < 1.29 is 9.59 Å². The van der Waals surface area contributed by atoms with Gasteiger partial charge >= 0.3 is 0 Å². The third kappa shape index (κ3) is 4.08. The molecule has 0 radical (unpaired) electrons. The van der Waals surface area contributed by atoms with Crippen molar-refractivity contribution in [3.63, 3.8) is 0 Å². The summed E-state index contributed by atoms with van der Waals surface area (Å²) in [6, 6.07) is 9.97. The van der Waals surface area contributed by atoms with Crippen LogP contribution < -0.4 is 5.32 Å². The molecule has 0 aliphatic carbocycles. The number of aryl methyl sites for hydroxylation is 1. The molecule has 108 valence electrons. The molecular weight excluding hydrogens is 252 g/mol. The normalized spacial score (nSPS) is 18.4. The van der Waals surface area contributed by atoms with Gasteiger partial charge in [0.2, 0.25) is 11.8 Å². The van der Waals surface area contributed by atoms with Gasteiger partial charge in [-0.3, -0.25) is 9.59 Å². The average Bonchev–Trinajstić information content (AvgIpc) is 2.77. The van der Waals surface area contributed by atoms with Crippen molar-refractivity contribution in [3.05, 3.63) is 35.9 Å². The maximum absolute atomic E-state index is 11.8. The van der Waals surface area contributed by atoms with Gasteiger partial charge in [0, 0.05) is 20.0 Å². The summed E-state index contributed by atoms with van der Waals surface area (Å²) in [6.07, 6.45) is 4.08. The van der Waals surface area contributed by atoms with Crippen LogP contribution in [0.2, 0.25) is 0 Å². The van der Waals surface area contributed by atoms with Gasteiger partial charge in [0.15, 0.2) is 0 Å². The van der Waals surface area contributed by atoms with Crippen LogP contribution in [0.15, 0.2) is 30.3 Å². The molecular formula is C16H22N2O2. The van der Waals surface area contributed by atoms with Gasteiger partial charge in [-0.15, -0.1) is 0 Å². The quantitative estimate of drug-likeness (QED) is 0.803. The molecule has 2 rings (SSSR count). The van der Waals surface area contributed by atoms with Gasteiger partial charge in [-0.2, -0.15) is 0 Å². The lowest BCUT2D eigenvalue weighted by molar-refractivity contribution is -0.131. The number of carbonyl (C=O) groups excluding carboxylic acids is 2. The van der Waals surface area contributed by atoms with E-state index in [1.54, 1.807) is 11.9 Å². The largest absolute Gasteiger partial charge is 0.344 e. The fourth-order valence-corrected chi connectivity index (χ4v) is 2.48. The van der Waals surface area contributed by atoms with Crippen LogP contribution in [0.1, 0.15) is 31.2 Å². The minimum absolute atomic E-state index is 0.00767. The number of hydrogen-bond donors (Lipinski definition) is 1. The highest BCUT2D eigenvalue weighted by molar-refractivity contribution is 5.88. The molecule has 1 N–H and O–H groups in total. The molecule has 1 atom stereocenters. The van der Waals surface area contributed by atoms with Crippen LogP contribution in [0.3, 0.4) is 0 Å². The zero-order chi connectivity index (χ0) is 14.4. The predicted octanol–water partition coefficient (Wildman–Crippen LogP) is 1.75. The molecule has 1 aliphatic rings. The zero-order valence-electron chi connectivity index (χ0n) is 12.0. The fourth-order valence-electron chi connectivity index (χ4n) is 2.48. The van der Waals surface area contributed by atoms with Crippen LogP contribution in [0.25, 0.3) is 0 Å². The highest BCUT2D eigenvalue weighted by atomic mass is 16.2. The van der Waals surface area contributed by atoms with Crippen molar-refractivity contribution >= 4 is 11.8 Å². The summed E-state index contributed by atoms with van der Waals surface area (Å²) < 4.78 is 0. The minimum Gasteiger partial charge on any atom is -0.344 e. The highest BCUT2D eigenvalue weighted by Gasteiger charge is 2.29. The summed E-state index contributed by atoms with van der Waals surface area (Å²) in [7, 11) is 1.77. The third-order valence-corrected chi connectivity index (χ3v) is 3.72. The SMILES string of the molecule is CN1CC[C@H](NC(=O)CCCCc2ccccc2)C1=O. The summed E-state index contributed by atoms with van der Waals surface area (Å²) >= 11 is 0. The molecule has 0 spiro atoms. The van der Waals surface area contributed by atoms with Crippen LogP contribution in [0.5, 0.6) is 0 Å². The van der Waals surface area contributed by atoms with Crippen LogP contribution >= 0.6 is 0 Å². The second-order valence-corrected chi connectivity index (χ2v) is 5.36. The first-order valence-corrected chi connectivity index (χ1v) is 7.25. The van der Waals surface area contributed by atoms with Gasteiger partial charge in [0.25, 0.3) is 0 Å². The molecule has 2 amide bonds. The average molecular weight is 274 g/mol. The molecule has 0 bridgehead atoms. The number of carbonyl (C=O) groups is 2. The van der Waals surface area contributed by atoms with E-state index in [-0.39, 0.29) is 17.9 Å². The number of nitrogens with one attached hydrogen (secondary N) is 1. The van der Waals surface area contributed by atoms with Crippen molar-refractivity contribution in [1.29, 1.82) is 0 Å². The Bertz CT molecular complexity index is 459. The molecule has 20 heavy (non-hydrogen) atoms. The Balaban J connectivity index is 1.62. The molecule has 1 heterocycles. The van der Waals surface area contributed by atoms with E-state index < -0.39 is 0 Å². The molecule has 1 fully saturated rings. The Labute approximate surface area is 120 Å². The number of unbranched alkanes of at least 4 members (excludes halogenated alkanes) is 1. The number of hydrogen-bond acceptors (Lipinski definition) is 2. The third-order valence-electron chi connectivity index (χ3n) is 3.72. The summed E-state index contributed by atoms with van der Waals surface area (Å²) in [6.45, 7) is 0.734. The Morgan fingerprint density at radius 1 is 1.30 bits per heavy atom. The van der Waals surface area contributed by atoms with Gasteiger partial charge in [-0.05, 0) is 31.2 Å². The van der Waals surface area contributed by atoms with E-state index in [4.69, 9.17) is 0 Å². The summed E-state index contributed by atoms with van der Waals surface area (Å²) in [5.74, 6) is 0.0225. The van der Waals surface area contributed by atoms with E-state index >= 15 is 0 Å². The van der Waals surface area contributed by atoms with E-state index in [9.17, 15) is 9.59 Å². The zero-order valence-corrected chi connectivity index (χ0v) is 12.0. The number of benzene rings is 1. The van der Waals surface area contributed by atoms with Gasteiger partial charge < -0.3 is 10.2 Å². The van der Waals surface area contributed by atoms with E-state index in [1.165, 1.54) is 5.56 Å². The van der Waals surface area contributed by atoms with Crippen LogP contribution in [0, 0.1) is 0 Å². The molecule has 1 aromatic carbocycles. The predicted molar refractivity (Wildman–Crippen MR) is 78.2 cm³/mol. The highest BCUT2D eigenvalue weighted by Crippen LogP contribution is 2.10. The standard InChI is InChI=1S/C16H22N2O2/c1-18-12-11-14(16(18)20)17-15(19)10-6-5-9-13-7-3-2-4-8-13/h2-4,7-8,14H,5-6,9-12H2,1H3,(H,17,19)/t14-/m0/s1. The van der Waals surface area contributed by atoms with Crippen molar-refractivity contribution in [2.45, 2.75) is 38.1 Å². The monoisotopic (exact) mass is 274 g/mol. The summed E-state index contributed by atoms with van der Waals surface area (Å²) in [4.78, 5) is 25.1. The van der Waals surface area contributed by atoms with E-state index in [0.29, 0.717) is 6.42 Å². The second kappa shape index (κ2) is 7.08. The Kier molecular flexibility index (Phi) is 5.16. The smallest absolute Gasteiger partial charge is 0.244 e. The molecule has 4 heteroatoms. The first kappa shape index (κ1) is 14.6. The number of amides is 2. The van der Waals surface area contributed by atoms with Gasteiger partial charge in [-0.25, -0.2) is 0 Å². The molecule has 4 nitrogen and oxygen atoms in total. The first-order valence-electron chi connectivity index (χ1n) is 7.25. The fraction of sp³-hybridized carbons (Fsp3) is 0.500. The van der Waals surface area contributed by atoms with Crippen molar-refractivity contribution in [2.75, 3.05) is 13.6 Å². The number of nitrogens with zero attached hydrogens (tertiary/aromatic N) is 1. The second-order valence-electron chi connectivity index (χ2n) is 5.36. The number of likely N-dealkylation sites (N-methyl/N-ethyl adjacent to an activating group) is 1. The van der Waals surface area contributed by atoms with E-state index in [1.807, 2.05) is 18.2 Å². The van der Waals surface area contributed by atoms with Crippen molar-refractivity contribution in [1.82, 2.24) is 10.2 Å². The van der Waals surface area contributed by atoms with Crippen LogP contribution in [0.4, 0.5) is 0 Å². The maximum Gasteiger partial charge on any atom is 0.244 e. The molecule has 0 aromatic heterocycles. The van der Waals surface area contributed by atoms with Crippen LogP contribution in [-0.2, 0) is 16.0 Å². The molecule has 0 unspecified atom stereocenters. The summed E-state index contributed by atoms with van der Waals surface area (Å²) in [5.41, 5.74) is 1.31. The Morgan fingerprint density at radius 3 is 2.70 bits per heavy atom. The van der Waals surface area contributed by atoms with Gasteiger partial charge in [0.05, 0.1) is 0 Å². The van der Waals surface area contributed by atoms with Gasteiger partial charge in [-0.1, -0.05) is 30.3 Å². The topological polar surface area (TPSA) is 49.4 Å². The molecule has 1 aliphatic heterocycles. The Hall–Kier alpha value is -1.84. The lowest BCUT2D eigenvalue weighted by Gasteiger charge is -2.12. The first-order chi connectivity index (χ1) is 9.66. The van der Waals surface area contributed by atoms with Crippen LogP contribution in [-0.4, -0.2) is 36.3 Å². The van der Waals surface area contributed by atoms with Crippen molar-refractivity contribution in [3.8, 4) is 0 Å². The lowest BCUT2D eigenvalue weighted by atomic mass is 10.1. The Morgan fingerprint density at radius 2 is 2.05 bits per heavy atom. The molecule has 0 saturated carbocycles. The van der Waals surface area contributed by atoms with Gasteiger partial charge in [0.1, 0.15) is 6.04 Å². The molecule has 1 saturated heterocycles. The number of likely N-dealkylation sites (tertiary alicyclic amines) is 1. The minimum atomic E-state index is -0.304. The number of rotatable bonds is 6. The van der Waals surface area contributed by atoms with E-state index in [0.717, 1.165) is 32.2 Å². The summed E-state index contributed by atoms with van der Waals surface area (Å²) in [5, 5.41) is 2.83. The maximum atomic E-state index is 11.8. The lowest BCUT2D eigenvalue weighted by Crippen LogP contribution is -2.40. The molecule has 1 aromatic rings. The van der Waals surface area contributed by atoms with E-state index in [2.05, 4.69) is 17.4 Å².